The number of rotatable bonds is 6. The fraction of sp³-hybridized carbons (Fsp3) is 0.286. The van der Waals surface area contributed by atoms with Gasteiger partial charge < -0.3 is 10.4 Å². The molecule has 1 amide bonds. The highest BCUT2D eigenvalue weighted by atomic mass is 16.4. The molecule has 1 atom stereocenters. The van der Waals surface area contributed by atoms with Crippen LogP contribution in [0.2, 0.25) is 0 Å². The summed E-state index contributed by atoms with van der Waals surface area (Å²) in [4.78, 5) is 26.7. The minimum Gasteiger partial charge on any atom is -0.481 e. The summed E-state index contributed by atoms with van der Waals surface area (Å²) in [5.41, 5.74) is 1.30. The monoisotopic (exact) mass is 288 g/mol. The van der Waals surface area contributed by atoms with E-state index in [1.807, 2.05) is 12.1 Å². The molecule has 1 aromatic carbocycles. The lowest BCUT2D eigenvalue weighted by Gasteiger charge is -2.14. The van der Waals surface area contributed by atoms with Crippen molar-refractivity contribution in [2.75, 3.05) is 0 Å². The summed E-state index contributed by atoms with van der Waals surface area (Å²) in [5.74, 6) is -1.24. The Morgan fingerprint density at radius 1 is 1.38 bits per heavy atom. The fourth-order valence-corrected chi connectivity index (χ4v) is 1.98. The molecule has 7 heteroatoms. The Hall–Kier alpha value is -2.70. The van der Waals surface area contributed by atoms with Gasteiger partial charge in [0.15, 0.2) is 0 Å². The quantitative estimate of drug-likeness (QED) is 0.823. The van der Waals surface area contributed by atoms with Crippen LogP contribution in [-0.4, -0.2) is 37.8 Å². The molecule has 1 aromatic heterocycles. The van der Waals surface area contributed by atoms with Crippen molar-refractivity contribution in [1.29, 1.82) is 0 Å². The molecule has 0 aliphatic rings. The van der Waals surface area contributed by atoms with Gasteiger partial charge in [-0.05, 0) is 18.6 Å². The number of nitrogens with zero attached hydrogens (tertiary/aromatic N) is 3. The minimum atomic E-state index is -0.946. The van der Waals surface area contributed by atoms with Crippen LogP contribution in [0.1, 0.15) is 29.3 Å². The summed E-state index contributed by atoms with van der Waals surface area (Å²) in [6.07, 6.45) is 2.89. The maximum atomic E-state index is 12.2. The van der Waals surface area contributed by atoms with Crippen LogP contribution in [0, 0.1) is 0 Å². The molecule has 2 N–H and O–H groups in total. The van der Waals surface area contributed by atoms with Crippen LogP contribution >= 0.6 is 0 Å². The van der Waals surface area contributed by atoms with Crippen LogP contribution in [0.4, 0.5) is 0 Å². The lowest BCUT2D eigenvalue weighted by Crippen LogP contribution is -2.34. The summed E-state index contributed by atoms with van der Waals surface area (Å²) in [7, 11) is 0. The van der Waals surface area contributed by atoms with Gasteiger partial charge in [-0.25, -0.2) is 9.67 Å². The third kappa shape index (κ3) is 4.13. The number of hydrogen-bond donors (Lipinski definition) is 2. The Labute approximate surface area is 121 Å². The van der Waals surface area contributed by atoms with Crippen molar-refractivity contribution >= 4 is 11.9 Å². The molecule has 0 fully saturated rings. The van der Waals surface area contributed by atoms with Gasteiger partial charge in [-0.3, -0.25) is 9.59 Å². The Bertz CT molecular complexity index is 625. The number of hydrogen-bond acceptors (Lipinski definition) is 4. The van der Waals surface area contributed by atoms with Crippen molar-refractivity contribution in [3.05, 3.63) is 48.0 Å². The van der Waals surface area contributed by atoms with Gasteiger partial charge in [0.1, 0.15) is 12.7 Å². The average Bonchev–Trinajstić information content (AvgIpc) is 2.91. The largest absolute Gasteiger partial charge is 0.481 e. The zero-order valence-corrected chi connectivity index (χ0v) is 11.6. The molecule has 2 aromatic rings. The molecule has 1 unspecified atom stereocenters. The summed E-state index contributed by atoms with van der Waals surface area (Å²) in [5, 5.41) is 15.4. The first-order valence-corrected chi connectivity index (χ1v) is 6.49. The number of carboxylic acids is 1. The van der Waals surface area contributed by atoms with Gasteiger partial charge in [-0.1, -0.05) is 18.2 Å². The molecule has 21 heavy (non-hydrogen) atoms. The van der Waals surface area contributed by atoms with Gasteiger partial charge in [-0.15, -0.1) is 0 Å². The third-order valence-corrected chi connectivity index (χ3v) is 2.92. The van der Waals surface area contributed by atoms with E-state index in [1.54, 1.807) is 30.1 Å². The van der Waals surface area contributed by atoms with E-state index in [0.717, 1.165) is 5.56 Å². The van der Waals surface area contributed by atoms with Gasteiger partial charge >= 0.3 is 5.97 Å². The van der Waals surface area contributed by atoms with E-state index in [9.17, 15) is 9.59 Å². The zero-order valence-electron chi connectivity index (χ0n) is 11.6. The van der Waals surface area contributed by atoms with E-state index >= 15 is 0 Å². The molecule has 0 bridgehead atoms. The number of carbonyl (C=O) groups excluding carboxylic acids is 1. The van der Waals surface area contributed by atoms with Crippen LogP contribution in [0.3, 0.4) is 0 Å². The number of nitrogens with one attached hydrogen (secondary N) is 1. The smallest absolute Gasteiger partial charge is 0.305 e. The number of carboxylic acid groups (broad SMARTS) is 1. The highest BCUT2D eigenvalue weighted by Gasteiger charge is 2.15. The Morgan fingerprint density at radius 2 is 2.14 bits per heavy atom. The second kappa shape index (κ2) is 6.65. The molecule has 7 nitrogen and oxygen atoms in total. The van der Waals surface area contributed by atoms with Crippen molar-refractivity contribution in [2.45, 2.75) is 25.9 Å². The molecule has 110 valence electrons. The van der Waals surface area contributed by atoms with Gasteiger partial charge in [-0.2, -0.15) is 5.10 Å². The molecule has 0 aliphatic heterocycles. The molecule has 0 radical (unpaired) electrons. The van der Waals surface area contributed by atoms with Gasteiger partial charge in [0, 0.05) is 11.6 Å². The second-order valence-electron chi connectivity index (χ2n) is 4.72. The van der Waals surface area contributed by atoms with E-state index in [0.29, 0.717) is 12.1 Å². The van der Waals surface area contributed by atoms with Gasteiger partial charge in [0.25, 0.3) is 5.91 Å². The number of benzene rings is 1. The maximum absolute atomic E-state index is 12.2. The standard InChI is InChI=1S/C14H16N4O3/c1-10(6-13(19)20)17-14(21)12-5-3-2-4-11(12)7-18-9-15-8-16-18/h2-5,8-10H,6-7H2,1H3,(H,17,21)(H,19,20). The summed E-state index contributed by atoms with van der Waals surface area (Å²) < 4.78 is 1.62. The van der Waals surface area contributed by atoms with Crippen LogP contribution < -0.4 is 5.32 Å². The zero-order chi connectivity index (χ0) is 15.2. The number of amides is 1. The van der Waals surface area contributed by atoms with Crippen molar-refractivity contribution in [3.8, 4) is 0 Å². The average molecular weight is 288 g/mol. The second-order valence-corrected chi connectivity index (χ2v) is 4.72. The normalized spacial score (nSPS) is 11.9. The van der Waals surface area contributed by atoms with Crippen LogP contribution in [0.5, 0.6) is 0 Å². The number of aliphatic carboxylic acids is 1. The lowest BCUT2D eigenvalue weighted by molar-refractivity contribution is -0.137. The molecule has 0 saturated carbocycles. The highest BCUT2D eigenvalue weighted by molar-refractivity contribution is 5.96. The lowest BCUT2D eigenvalue weighted by atomic mass is 10.1. The van der Waals surface area contributed by atoms with E-state index in [-0.39, 0.29) is 12.3 Å². The van der Waals surface area contributed by atoms with E-state index in [1.165, 1.54) is 6.33 Å². The third-order valence-electron chi connectivity index (χ3n) is 2.92. The summed E-state index contributed by atoms with van der Waals surface area (Å²) >= 11 is 0. The molecular weight excluding hydrogens is 272 g/mol. The molecule has 0 spiro atoms. The van der Waals surface area contributed by atoms with E-state index in [4.69, 9.17) is 5.11 Å². The summed E-state index contributed by atoms with van der Waals surface area (Å²) in [6, 6.07) is 6.70. The maximum Gasteiger partial charge on any atom is 0.305 e. The first-order chi connectivity index (χ1) is 10.1. The number of carbonyl (C=O) groups is 2. The van der Waals surface area contributed by atoms with Crippen molar-refractivity contribution in [2.24, 2.45) is 0 Å². The molecule has 0 aliphatic carbocycles. The van der Waals surface area contributed by atoms with Crippen molar-refractivity contribution in [1.82, 2.24) is 20.1 Å². The van der Waals surface area contributed by atoms with Crippen molar-refractivity contribution in [3.63, 3.8) is 0 Å². The van der Waals surface area contributed by atoms with Gasteiger partial charge in [0.05, 0.1) is 13.0 Å². The molecule has 0 saturated heterocycles. The topological polar surface area (TPSA) is 97.1 Å². The predicted molar refractivity (Wildman–Crippen MR) is 74.7 cm³/mol. The molecule has 2 rings (SSSR count). The molecule has 1 heterocycles. The van der Waals surface area contributed by atoms with Crippen LogP contribution in [-0.2, 0) is 11.3 Å². The highest BCUT2D eigenvalue weighted by Crippen LogP contribution is 2.10. The first-order valence-electron chi connectivity index (χ1n) is 6.49. The minimum absolute atomic E-state index is 0.114. The number of aromatic nitrogens is 3. The Kier molecular flexibility index (Phi) is 4.65. The summed E-state index contributed by atoms with van der Waals surface area (Å²) in [6.45, 7) is 2.09. The van der Waals surface area contributed by atoms with Crippen LogP contribution in [0.15, 0.2) is 36.9 Å². The van der Waals surface area contributed by atoms with Crippen molar-refractivity contribution < 1.29 is 14.7 Å². The molecular formula is C14H16N4O3. The van der Waals surface area contributed by atoms with E-state index in [2.05, 4.69) is 15.4 Å². The predicted octanol–water partition coefficient (Wildman–Crippen LogP) is 0.919. The Morgan fingerprint density at radius 3 is 2.81 bits per heavy atom. The van der Waals surface area contributed by atoms with E-state index < -0.39 is 12.0 Å². The first kappa shape index (κ1) is 14.7. The Balaban J connectivity index is 2.11. The van der Waals surface area contributed by atoms with Gasteiger partial charge in [0.2, 0.25) is 0 Å². The fourth-order valence-electron chi connectivity index (χ4n) is 1.98. The van der Waals surface area contributed by atoms with Crippen LogP contribution in [0.25, 0.3) is 0 Å². The SMILES string of the molecule is CC(CC(=O)O)NC(=O)c1ccccc1Cn1cncn1.